The molecular weight excluding hydrogens is 143 g/mol. The fourth-order valence-electron chi connectivity index (χ4n) is 2.11. The summed E-state index contributed by atoms with van der Waals surface area (Å²) in [6.07, 6.45) is 5.96. The molecule has 0 heterocycles. The van der Waals surface area contributed by atoms with Crippen LogP contribution in [0.1, 0.15) is 53.4 Å². The Bertz CT molecular complexity index is 108. The van der Waals surface area contributed by atoms with Crippen molar-refractivity contribution in [1.29, 1.82) is 0 Å². The van der Waals surface area contributed by atoms with E-state index >= 15 is 0 Å². The van der Waals surface area contributed by atoms with E-state index in [2.05, 4.69) is 27.7 Å². The summed E-state index contributed by atoms with van der Waals surface area (Å²) in [5.41, 5.74) is 0.517. The SMILES string of the molecule is [B]CCC(C)CC(C)(C)CCC. The highest BCUT2D eigenvalue weighted by atomic mass is 14.2. The van der Waals surface area contributed by atoms with Crippen LogP contribution in [0, 0.1) is 11.3 Å². The second-order valence-electron chi connectivity index (χ2n) is 4.80. The van der Waals surface area contributed by atoms with Gasteiger partial charge in [0.1, 0.15) is 0 Å². The molecule has 0 aromatic carbocycles. The standard InChI is InChI=1S/C11H23B/c1-5-7-11(3,4)9-10(2)6-8-12/h10H,5-9H2,1-4H3. The Morgan fingerprint density at radius 3 is 2.33 bits per heavy atom. The van der Waals surface area contributed by atoms with Gasteiger partial charge in [0.2, 0.25) is 0 Å². The zero-order valence-electron chi connectivity index (χ0n) is 9.19. The van der Waals surface area contributed by atoms with E-state index in [0.29, 0.717) is 5.41 Å². The molecule has 0 aliphatic carbocycles. The Labute approximate surface area is 79.5 Å². The molecule has 0 aromatic heterocycles. The van der Waals surface area contributed by atoms with Gasteiger partial charge in [0, 0.05) is 0 Å². The first kappa shape index (κ1) is 12.1. The third kappa shape index (κ3) is 5.68. The maximum atomic E-state index is 5.52. The van der Waals surface area contributed by atoms with Crippen LogP contribution in [0.3, 0.4) is 0 Å². The zero-order valence-corrected chi connectivity index (χ0v) is 9.19. The van der Waals surface area contributed by atoms with Gasteiger partial charge in [0.05, 0.1) is 7.85 Å². The molecule has 0 rings (SSSR count). The molecule has 0 spiro atoms. The maximum Gasteiger partial charge on any atom is 0.0653 e. The first-order chi connectivity index (χ1) is 5.52. The second-order valence-corrected chi connectivity index (χ2v) is 4.80. The molecule has 70 valence electrons. The lowest BCUT2D eigenvalue weighted by Gasteiger charge is -2.27. The van der Waals surface area contributed by atoms with Crippen LogP contribution < -0.4 is 0 Å². The predicted molar refractivity (Wildman–Crippen MR) is 57.6 cm³/mol. The molecule has 12 heavy (non-hydrogen) atoms. The molecule has 0 aliphatic rings. The van der Waals surface area contributed by atoms with Gasteiger partial charge in [-0.1, -0.05) is 46.9 Å². The van der Waals surface area contributed by atoms with Gasteiger partial charge in [-0.25, -0.2) is 0 Å². The summed E-state index contributed by atoms with van der Waals surface area (Å²) >= 11 is 0. The molecule has 0 N–H and O–H groups in total. The molecule has 1 heteroatoms. The monoisotopic (exact) mass is 166 g/mol. The van der Waals surface area contributed by atoms with Gasteiger partial charge >= 0.3 is 0 Å². The van der Waals surface area contributed by atoms with Crippen LogP contribution in [0.2, 0.25) is 6.32 Å². The van der Waals surface area contributed by atoms with Crippen LogP contribution in [0.4, 0.5) is 0 Å². The number of rotatable bonds is 6. The molecule has 0 bridgehead atoms. The van der Waals surface area contributed by atoms with Crippen LogP contribution in [0.25, 0.3) is 0 Å². The van der Waals surface area contributed by atoms with Crippen molar-refractivity contribution in [3.63, 3.8) is 0 Å². The van der Waals surface area contributed by atoms with Crippen LogP contribution in [-0.4, -0.2) is 7.85 Å². The molecule has 0 aromatic rings. The van der Waals surface area contributed by atoms with Gasteiger partial charge in [-0.15, -0.1) is 0 Å². The molecular formula is C11H23B. The molecule has 0 saturated carbocycles. The lowest BCUT2D eigenvalue weighted by atomic mass is 9.77. The molecule has 0 amide bonds. The van der Waals surface area contributed by atoms with Crippen LogP contribution in [0.5, 0.6) is 0 Å². The zero-order chi connectivity index (χ0) is 9.61. The molecule has 1 unspecified atom stereocenters. The Morgan fingerprint density at radius 1 is 1.33 bits per heavy atom. The van der Waals surface area contributed by atoms with E-state index < -0.39 is 0 Å². The molecule has 0 aliphatic heterocycles. The Balaban J connectivity index is 3.70. The predicted octanol–water partition coefficient (Wildman–Crippen LogP) is 3.82. The fourth-order valence-corrected chi connectivity index (χ4v) is 2.11. The molecule has 0 fully saturated rings. The van der Waals surface area contributed by atoms with Crippen molar-refractivity contribution in [2.24, 2.45) is 11.3 Å². The third-order valence-electron chi connectivity index (χ3n) is 2.49. The van der Waals surface area contributed by atoms with E-state index in [1.165, 1.54) is 25.7 Å². The third-order valence-corrected chi connectivity index (χ3v) is 2.49. The number of hydrogen-bond donors (Lipinski definition) is 0. The van der Waals surface area contributed by atoms with Gasteiger partial charge in [0.15, 0.2) is 0 Å². The Kier molecular flexibility index (Phi) is 5.70. The topological polar surface area (TPSA) is 0 Å². The Morgan fingerprint density at radius 2 is 1.92 bits per heavy atom. The highest BCUT2D eigenvalue weighted by molar-refractivity contribution is 6.08. The summed E-state index contributed by atoms with van der Waals surface area (Å²) in [6.45, 7) is 9.30. The van der Waals surface area contributed by atoms with Crippen LogP contribution in [0.15, 0.2) is 0 Å². The van der Waals surface area contributed by atoms with Crippen LogP contribution >= 0.6 is 0 Å². The quantitative estimate of drug-likeness (QED) is 0.526. The minimum atomic E-state index is 0.517. The first-order valence-corrected chi connectivity index (χ1v) is 5.22. The average molecular weight is 166 g/mol. The van der Waals surface area contributed by atoms with Crippen molar-refractivity contribution in [3.8, 4) is 0 Å². The lowest BCUT2D eigenvalue weighted by molar-refractivity contribution is 0.251. The molecule has 0 saturated heterocycles. The molecule has 0 nitrogen and oxygen atoms in total. The average Bonchev–Trinajstić information content (AvgIpc) is 1.85. The highest BCUT2D eigenvalue weighted by Gasteiger charge is 2.19. The summed E-state index contributed by atoms with van der Waals surface area (Å²) in [5, 5.41) is 0. The highest BCUT2D eigenvalue weighted by Crippen LogP contribution is 2.31. The van der Waals surface area contributed by atoms with Gasteiger partial charge in [-0.2, -0.15) is 0 Å². The van der Waals surface area contributed by atoms with Crippen molar-refractivity contribution < 1.29 is 0 Å². The normalized spacial score (nSPS) is 14.7. The van der Waals surface area contributed by atoms with E-state index in [4.69, 9.17) is 7.85 Å². The number of hydrogen-bond acceptors (Lipinski definition) is 0. The minimum absolute atomic E-state index is 0.517. The molecule has 2 radical (unpaired) electrons. The summed E-state index contributed by atoms with van der Waals surface area (Å²) < 4.78 is 0. The van der Waals surface area contributed by atoms with Gasteiger partial charge in [0.25, 0.3) is 0 Å². The summed E-state index contributed by atoms with van der Waals surface area (Å²) in [7, 11) is 5.52. The van der Waals surface area contributed by atoms with E-state index in [-0.39, 0.29) is 0 Å². The van der Waals surface area contributed by atoms with Crippen molar-refractivity contribution in [2.45, 2.75) is 59.7 Å². The fraction of sp³-hybridized carbons (Fsp3) is 1.00. The van der Waals surface area contributed by atoms with E-state index in [9.17, 15) is 0 Å². The van der Waals surface area contributed by atoms with E-state index in [1.807, 2.05) is 0 Å². The van der Waals surface area contributed by atoms with Gasteiger partial charge < -0.3 is 0 Å². The maximum absolute atomic E-state index is 5.52. The van der Waals surface area contributed by atoms with Crippen molar-refractivity contribution in [3.05, 3.63) is 0 Å². The van der Waals surface area contributed by atoms with Gasteiger partial charge in [-0.05, 0) is 24.2 Å². The summed E-state index contributed by atoms with van der Waals surface area (Å²) in [5.74, 6) is 0.788. The van der Waals surface area contributed by atoms with Crippen molar-refractivity contribution in [1.82, 2.24) is 0 Å². The first-order valence-electron chi connectivity index (χ1n) is 5.22. The van der Waals surface area contributed by atoms with Crippen LogP contribution in [-0.2, 0) is 0 Å². The summed E-state index contributed by atoms with van der Waals surface area (Å²) in [4.78, 5) is 0. The smallest absolute Gasteiger partial charge is 0.0653 e. The molecule has 1 atom stereocenters. The van der Waals surface area contributed by atoms with Crippen molar-refractivity contribution >= 4 is 7.85 Å². The lowest BCUT2D eigenvalue weighted by Crippen LogP contribution is -2.15. The van der Waals surface area contributed by atoms with Gasteiger partial charge in [-0.3, -0.25) is 0 Å². The second kappa shape index (κ2) is 5.67. The minimum Gasteiger partial charge on any atom is -0.0884 e. The largest absolute Gasteiger partial charge is 0.0884 e. The van der Waals surface area contributed by atoms with E-state index in [1.54, 1.807) is 0 Å². The summed E-state index contributed by atoms with van der Waals surface area (Å²) in [6, 6.07) is 0. The van der Waals surface area contributed by atoms with Crippen molar-refractivity contribution in [2.75, 3.05) is 0 Å². The Hall–Kier alpha value is 0.0649. The van der Waals surface area contributed by atoms with E-state index in [0.717, 1.165) is 12.2 Å².